The molecule has 0 fully saturated rings. The van der Waals surface area contributed by atoms with Crippen molar-refractivity contribution in [2.24, 2.45) is 0 Å². The summed E-state index contributed by atoms with van der Waals surface area (Å²) >= 11 is 0. The van der Waals surface area contributed by atoms with Crippen molar-refractivity contribution in [1.82, 2.24) is 0 Å². The van der Waals surface area contributed by atoms with Gasteiger partial charge in [-0.15, -0.1) is 26.0 Å². The maximum Gasteiger partial charge on any atom is 0 e. The Bertz CT molecular complexity index is 16.8. The molecule has 38 valence electrons. The van der Waals surface area contributed by atoms with Crippen molar-refractivity contribution in [2.45, 2.75) is 0 Å². The van der Waals surface area contributed by atoms with Crippen LogP contribution in [0.3, 0.4) is 0 Å². The predicted octanol–water partition coefficient (Wildman–Crippen LogP) is 1.05. The molecule has 0 aliphatic rings. The molecule has 0 N–H and O–H groups in total. The zero-order valence-electron chi connectivity index (χ0n) is 3.28. The van der Waals surface area contributed by atoms with Gasteiger partial charge in [-0.05, 0) is 0 Å². The van der Waals surface area contributed by atoms with Crippen molar-refractivity contribution in [1.29, 1.82) is 0 Å². The maximum absolute atomic E-state index is 4.00. The second-order valence-corrected chi connectivity index (χ2v) is 0. The fourth-order valence-electron chi connectivity index (χ4n) is 0. The van der Waals surface area contributed by atoms with Crippen LogP contribution in [-0.4, -0.2) is 0 Å². The van der Waals surface area contributed by atoms with Gasteiger partial charge < -0.3 is 0 Å². The van der Waals surface area contributed by atoms with Crippen LogP contribution in [0, 0.1) is 88.3 Å². The summed E-state index contributed by atoms with van der Waals surface area (Å²) in [6.07, 6.45) is 8.00. The molecule has 6 heavy (non-hydrogen) atoms. The van der Waals surface area contributed by atoms with E-state index in [0.29, 0.717) is 0 Å². The van der Waals surface area contributed by atoms with Crippen LogP contribution >= 0.6 is 0 Å². The molecule has 0 bridgehead atoms. The Balaban J connectivity index is -0.00000000500. The van der Waals surface area contributed by atoms with Crippen LogP contribution < -0.4 is 0 Å². The molecule has 0 rings (SSSR count). The van der Waals surface area contributed by atoms with E-state index in [4.69, 9.17) is 0 Å². The Morgan fingerprint density at radius 1 is 0.833 bits per heavy atom. The first-order valence-electron chi connectivity index (χ1n) is 0.833. The van der Waals surface area contributed by atoms with Gasteiger partial charge in [0.25, 0.3) is 0 Å². The van der Waals surface area contributed by atoms with Crippen LogP contribution in [0.1, 0.15) is 0 Å². The van der Waals surface area contributed by atoms with Crippen LogP contribution in [0.2, 0.25) is 0 Å². The minimum atomic E-state index is 0. The molecule has 0 atom stereocenters. The van der Waals surface area contributed by atoms with Gasteiger partial charge in [-0.1, -0.05) is 0 Å². The van der Waals surface area contributed by atoms with Crippen LogP contribution in [-0.2, 0) is 0 Å². The molecule has 0 unspecified atom stereocenters. The summed E-state index contributed by atoms with van der Waals surface area (Å²) < 4.78 is 0. The third-order valence-corrected chi connectivity index (χ3v) is 0. The molecule has 0 aromatic rings. The Kier molecular flexibility index (Phi) is 290. The molecule has 0 saturated heterocycles. The van der Waals surface area contributed by atoms with Crippen LogP contribution in [0.15, 0.2) is 13.2 Å². The van der Waals surface area contributed by atoms with Crippen molar-refractivity contribution >= 4 is 0 Å². The number of hydrogen-bond donors (Lipinski definition) is 0. The van der Waals surface area contributed by atoms with Gasteiger partial charge in [0.15, 0.2) is 0 Å². The average molecular weight is 134 g/mol. The summed E-state index contributed by atoms with van der Waals surface area (Å²) in [5.41, 5.74) is 0. The fourth-order valence-corrected chi connectivity index (χ4v) is 0. The van der Waals surface area contributed by atoms with Crippen LogP contribution in [0.5, 0.6) is 0 Å². The van der Waals surface area contributed by atoms with Crippen molar-refractivity contribution in [3.8, 4) is 12.8 Å². The molecular weight excluding hydrogens is 128 g/mol. The molecular formula is C4H6Ar2. The Hall–Kier alpha value is 1.82. The van der Waals surface area contributed by atoms with Crippen molar-refractivity contribution in [3.05, 3.63) is 13.2 Å². The first-order valence-corrected chi connectivity index (χ1v) is 0.833. The maximum atomic E-state index is 4.00. The van der Waals surface area contributed by atoms with E-state index in [0.717, 1.165) is 0 Å². The first-order chi connectivity index (χ1) is 2.00. The standard InChI is InChI=1S/C2H4.C2H2.2Ar/c2*1-2;;/h1-2H2;1-2H;;. The smallest absolute Gasteiger partial charge is 0 e. The van der Waals surface area contributed by atoms with Crippen molar-refractivity contribution in [3.63, 3.8) is 0 Å². The van der Waals surface area contributed by atoms with Gasteiger partial charge in [-0.25, -0.2) is 0 Å². The van der Waals surface area contributed by atoms with Crippen molar-refractivity contribution in [2.75, 3.05) is 0 Å². The summed E-state index contributed by atoms with van der Waals surface area (Å²) in [4.78, 5) is 0. The first kappa shape index (κ1) is 24.9. The van der Waals surface area contributed by atoms with Crippen LogP contribution in [0.4, 0.5) is 0 Å². The Morgan fingerprint density at radius 3 is 0.833 bits per heavy atom. The van der Waals surface area contributed by atoms with Gasteiger partial charge in [-0.2, -0.15) is 0 Å². The number of terminal acetylenes is 1. The molecule has 0 aliphatic carbocycles. The topological polar surface area (TPSA) is 0 Å². The predicted molar refractivity (Wildman–Crippen MR) is 21.1 cm³/mol. The molecule has 0 radical (unpaired) electrons. The van der Waals surface area contributed by atoms with Crippen molar-refractivity contribution < 1.29 is 75.5 Å². The molecule has 0 spiro atoms. The van der Waals surface area contributed by atoms with E-state index in [2.05, 4.69) is 26.0 Å². The van der Waals surface area contributed by atoms with Gasteiger partial charge in [0, 0.05) is 75.5 Å². The average Bonchev–Trinajstić information content (AvgIpc) is 1.50. The van der Waals surface area contributed by atoms with Gasteiger partial charge >= 0.3 is 0 Å². The minimum absolute atomic E-state index is 0. The van der Waals surface area contributed by atoms with Crippen LogP contribution in [0.25, 0.3) is 0 Å². The zero-order valence-corrected chi connectivity index (χ0v) is 4.69. The number of hydrogen-bond acceptors (Lipinski definition) is 0. The monoisotopic (exact) mass is 134 g/mol. The Morgan fingerprint density at radius 2 is 0.833 bits per heavy atom. The minimum Gasteiger partial charge on any atom is -0.124 e. The normalized spacial score (nSPS) is 1.00. The summed E-state index contributed by atoms with van der Waals surface area (Å²) in [7, 11) is 0. The van der Waals surface area contributed by atoms with E-state index in [1.165, 1.54) is 0 Å². The zero-order chi connectivity index (χ0) is 4.00. The quantitative estimate of drug-likeness (QED) is 0.343. The molecule has 0 aromatic carbocycles. The van der Waals surface area contributed by atoms with E-state index in [1.54, 1.807) is 0 Å². The van der Waals surface area contributed by atoms with E-state index in [9.17, 15) is 0 Å². The third-order valence-electron chi connectivity index (χ3n) is 0. The third kappa shape index (κ3) is 40.8. The summed E-state index contributed by atoms with van der Waals surface area (Å²) in [5.74, 6) is 0. The Labute approximate surface area is 99.4 Å². The molecule has 0 nitrogen and oxygen atoms in total. The molecule has 2 heteroatoms. The van der Waals surface area contributed by atoms with E-state index < -0.39 is 0 Å². The second-order valence-electron chi connectivity index (χ2n) is 0. The summed E-state index contributed by atoms with van der Waals surface area (Å²) in [6, 6.07) is 0. The van der Waals surface area contributed by atoms with Gasteiger partial charge in [-0.3, -0.25) is 0 Å². The SMILES string of the molecule is C#C.C=C.[Ar].[Ar]. The van der Waals surface area contributed by atoms with E-state index in [-0.39, 0.29) is 75.5 Å². The van der Waals surface area contributed by atoms with E-state index in [1.807, 2.05) is 0 Å². The van der Waals surface area contributed by atoms with Gasteiger partial charge in [0.1, 0.15) is 0 Å². The molecule has 0 aliphatic heterocycles. The number of rotatable bonds is 0. The van der Waals surface area contributed by atoms with Gasteiger partial charge in [0.05, 0.1) is 0 Å². The van der Waals surface area contributed by atoms with E-state index >= 15 is 0 Å². The second kappa shape index (κ2) is 69.8. The summed E-state index contributed by atoms with van der Waals surface area (Å²) in [5, 5.41) is 0. The largest absolute Gasteiger partial charge is 0.124 e. The summed E-state index contributed by atoms with van der Waals surface area (Å²) in [6.45, 7) is 6.00. The molecule has 0 amide bonds. The molecule has 0 heterocycles. The van der Waals surface area contributed by atoms with Gasteiger partial charge in [0.2, 0.25) is 0 Å². The molecule has 0 saturated carbocycles. The fraction of sp³-hybridized carbons (Fsp3) is 0. The molecule has 0 aromatic heterocycles.